The summed E-state index contributed by atoms with van der Waals surface area (Å²) in [6.07, 6.45) is 0. The molecule has 1 heterocycles. The fourth-order valence-corrected chi connectivity index (χ4v) is 6.34. The molecule has 0 saturated heterocycles. The van der Waals surface area contributed by atoms with Crippen LogP contribution in [0.15, 0.2) is 84.9 Å². The highest BCUT2D eigenvalue weighted by molar-refractivity contribution is 5.94. The predicted octanol–water partition coefficient (Wildman–Crippen LogP) is 5.74. The van der Waals surface area contributed by atoms with Gasteiger partial charge in [-0.15, -0.1) is 0 Å². The summed E-state index contributed by atoms with van der Waals surface area (Å²) in [5.74, 6) is 3.04. The zero-order chi connectivity index (χ0) is 31.7. The van der Waals surface area contributed by atoms with Crippen molar-refractivity contribution in [3.63, 3.8) is 0 Å². The van der Waals surface area contributed by atoms with Gasteiger partial charge in [0.2, 0.25) is 5.75 Å². The lowest BCUT2D eigenvalue weighted by Crippen LogP contribution is -2.35. The molecular weight excluding hydrogens is 578 g/mol. The summed E-state index contributed by atoms with van der Waals surface area (Å²) < 4.78 is 30.8. The van der Waals surface area contributed by atoms with Gasteiger partial charge in [0.1, 0.15) is 24.7 Å². The summed E-state index contributed by atoms with van der Waals surface area (Å²) in [5.41, 5.74) is 3.07. The van der Waals surface area contributed by atoms with Gasteiger partial charge in [0.25, 0.3) is 0 Å². The summed E-state index contributed by atoms with van der Waals surface area (Å²) in [4.78, 5) is 0. The SMILES string of the molecule is COc1cc(C2c3c(ccc4ccccc34)OCCNCCNCCNCCOc3ccc4ccccc4c32)cc(OC)c1OC. The minimum atomic E-state index is -0.320. The maximum absolute atomic E-state index is 6.66. The number of methoxy groups -OCH3 is 3. The number of nitrogens with one attached hydrogen (secondary N) is 3. The molecule has 46 heavy (non-hydrogen) atoms. The summed E-state index contributed by atoms with van der Waals surface area (Å²) in [6, 6.07) is 29.5. The number of ether oxygens (including phenoxy) is 5. The lowest BCUT2D eigenvalue weighted by atomic mass is 9.79. The fourth-order valence-electron chi connectivity index (χ4n) is 6.34. The third kappa shape index (κ3) is 6.70. The fraction of sp³-hybridized carbons (Fsp3) is 0.316. The van der Waals surface area contributed by atoms with Crippen LogP contribution in [0.5, 0.6) is 28.7 Å². The van der Waals surface area contributed by atoms with Crippen molar-refractivity contribution in [3.05, 3.63) is 102 Å². The van der Waals surface area contributed by atoms with Gasteiger partial charge in [-0.25, -0.2) is 0 Å². The molecule has 0 aliphatic carbocycles. The van der Waals surface area contributed by atoms with E-state index in [0.29, 0.717) is 30.5 Å². The molecule has 8 nitrogen and oxygen atoms in total. The molecular formula is C38H43N3O5. The zero-order valence-electron chi connectivity index (χ0n) is 26.9. The van der Waals surface area contributed by atoms with Crippen LogP contribution in [-0.4, -0.2) is 73.8 Å². The molecule has 0 spiro atoms. The Labute approximate surface area is 270 Å². The van der Waals surface area contributed by atoms with E-state index in [2.05, 4.69) is 88.7 Å². The third-order valence-electron chi connectivity index (χ3n) is 8.49. The average molecular weight is 622 g/mol. The first-order valence-electron chi connectivity index (χ1n) is 15.9. The van der Waals surface area contributed by atoms with E-state index in [1.165, 1.54) is 0 Å². The summed E-state index contributed by atoms with van der Waals surface area (Å²) in [5, 5.41) is 14.9. The molecule has 8 heteroatoms. The maximum atomic E-state index is 6.66. The van der Waals surface area contributed by atoms with E-state index in [4.69, 9.17) is 23.7 Å². The first-order chi connectivity index (χ1) is 22.7. The second-order valence-electron chi connectivity index (χ2n) is 11.2. The topological polar surface area (TPSA) is 82.2 Å². The van der Waals surface area contributed by atoms with E-state index in [1.54, 1.807) is 21.3 Å². The normalized spacial score (nSPS) is 15.5. The minimum Gasteiger partial charge on any atom is -0.493 e. The smallest absolute Gasteiger partial charge is 0.203 e. The van der Waals surface area contributed by atoms with E-state index in [0.717, 1.165) is 89.0 Å². The molecule has 0 atom stereocenters. The van der Waals surface area contributed by atoms with E-state index >= 15 is 0 Å². The minimum absolute atomic E-state index is 0.320. The molecule has 0 fully saturated rings. The molecule has 0 saturated carbocycles. The Morgan fingerprint density at radius 3 is 1.46 bits per heavy atom. The van der Waals surface area contributed by atoms with E-state index in [1.807, 2.05) is 12.1 Å². The Morgan fingerprint density at radius 2 is 1.00 bits per heavy atom. The highest BCUT2D eigenvalue weighted by Gasteiger charge is 2.30. The van der Waals surface area contributed by atoms with Gasteiger partial charge in [0, 0.05) is 56.3 Å². The van der Waals surface area contributed by atoms with Crippen LogP contribution in [0.2, 0.25) is 0 Å². The van der Waals surface area contributed by atoms with Crippen LogP contribution < -0.4 is 39.6 Å². The van der Waals surface area contributed by atoms with Gasteiger partial charge >= 0.3 is 0 Å². The number of fused-ring (bicyclic) bond motifs is 6. The molecule has 1 aliphatic rings. The average Bonchev–Trinajstić information content (AvgIpc) is 3.10. The number of hydrogen-bond donors (Lipinski definition) is 3. The van der Waals surface area contributed by atoms with Crippen molar-refractivity contribution in [3.8, 4) is 28.7 Å². The van der Waals surface area contributed by atoms with Crippen LogP contribution in [-0.2, 0) is 0 Å². The highest BCUT2D eigenvalue weighted by atomic mass is 16.5. The van der Waals surface area contributed by atoms with Gasteiger partial charge in [0.05, 0.1) is 21.3 Å². The number of benzene rings is 5. The molecule has 5 aromatic carbocycles. The quantitative estimate of drug-likeness (QED) is 0.235. The van der Waals surface area contributed by atoms with Gasteiger partial charge in [-0.2, -0.15) is 0 Å². The van der Waals surface area contributed by atoms with Gasteiger partial charge in [-0.3, -0.25) is 0 Å². The summed E-state index contributed by atoms with van der Waals surface area (Å²) >= 11 is 0. The first-order valence-corrected chi connectivity index (χ1v) is 15.9. The Balaban J connectivity index is 1.65. The van der Waals surface area contributed by atoms with Crippen LogP contribution >= 0.6 is 0 Å². The Kier molecular flexibility index (Phi) is 10.4. The molecule has 5 aromatic rings. The van der Waals surface area contributed by atoms with Crippen LogP contribution in [0.25, 0.3) is 21.5 Å². The zero-order valence-corrected chi connectivity index (χ0v) is 26.9. The molecule has 240 valence electrons. The number of hydrogen-bond acceptors (Lipinski definition) is 8. The maximum Gasteiger partial charge on any atom is 0.203 e. The first kappa shape index (κ1) is 31.5. The van der Waals surface area contributed by atoms with Crippen molar-refractivity contribution < 1.29 is 23.7 Å². The largest absolute Gasteiger partial charge is 0.493 e. The van der Waals surface area contributed by atoms with Crippen molar-refractivity contribution in [2.24, 2.45) is 0 Å². The van der Waals surface area contributed by atoms with Crippen LogP contribution in [0, 0.1) is 0 Å². The molecule has 0 aromatic heterocycles. The lowest BCUT2D eigenvalue weighted by Gasteiger charge is -2.28. The molecule has 1 aliphatic heterocycles. The van der Waals surface area contributed by atoms with Gasteiger partial charge in [-0.1, -0.05) is 60.7 Å². The second-order valence-corrected chi connectivity index (χ2v) is 11.2. The van der Waals surface area contributed by atoms with Crippen LogP contribution in [0.3, 0.4) is 0 Å². The predicted molar refractivity (Wildman–Crippen MR) is 185 cm³/mol. The van der Waals surface area contributed by atoms with Crippen molar-refractivity contribution >= 4 is 21.5 Å². The molecule has 0 amide bonds. The van der Waals surface area contributed by atoms with E-state index < -0.39 is 0 Å². The van der Waals surface area contributed by atoms with Crippen LogP contribution in [0.1, 0.15) is 22.6 Å². The van der Waals surface area contributed by atoms with Crippen molar-refractivity contribution in [1.29, 1.82) is 0 Å². The Morgan fingerprint density at radius 1 is 0.543 bits per heavy atom. The summed E-state index contributed by atoms with van der Waals surface area (Å²) in [6.45, 7) is 6.01. The molecule has 6 rings (SSSR count). The Hall–Kier alpha value is -4.50. The van der Waals surface area contributed by atoms with E-state index in [9.17, 15) is 0 Å². The second kappa shape index (κ2) is 15.2. The van der Waals surface area contributed by atoms with Crippen molar-refractivity contribution in [2.75, 3.05) is 73.8 Å². The molecule has 0 radical (unpaired) electrons. The summed E-state index contributed by atoms with van der Waals surface area (Å²) in [7, 11) is 4.93. The van der Waals surface area contributed by atoms with Gasteiger partial charge < -0.3 is 39.6 Å². The van der Waals surface area contributed by atoms with E-state index in [-0.39, 0.29) is 5.92 Å². The highest BCUT2D eigenvalue weighted by Crippen LogP contribution is 2.50. The van der Waals surface area contributed by atoms with Crippen molar-refractivity contribution in [1.82, 2.24) is 16.0 Å². The molecule has 3 N–H and O–H groups in total. The lowest BCUT2D eigenvalue weighted by molar-refractivity contribution is 0.305. The van der Waals surface area contributed by atoms with Gasteiger partial charge in [-0.05, 0) is 51.4 Å². The Bertz CT molecular complexity index is 1650. The monoisotopic (exact) mass is 621 g/mol. The van der Waals surface area contributed by atoms with Crippen LogP contribution in [0.4, 0.5) is 0 Å². The standard InChI is InChI=1S/C38H43N3O5/c1-42-33-24-28(25-34(43-2)38(33)44-3)35-36-29-10-6-4-8-26(29)12-14-31(36)45-22-20-40-18-16-39-17-19-41-21-23-46-32-15-13-27-9-5-7-11-30(27)37(32)35/h4-15,24-25,35,39-41H,16-23H2,1-3H3. The third-order valence-corrected chi connectivity index (χ3v) is 8.49. The van der Waals surface area contributed by atoms with Gasteiger partial charge in [0.15, 0.2) is 11.5 Å². The molecule has 0 bridgehead atoms. The van der Waals surface area contributed by atoms with Crippen molar-refractivity contribution in [2.45, 2.75) is 5.92 Å². The molecule has 0 unspecified atom stereocenters. The number of rotatable bonds is 4.